The van der Waals surface area contributed by atoms with E-state index in [9.17, 15) is 4.79 Å². The van der Waals surface area contributed by atoms with Crippen LogP contribution in [-0.4, -0.2) is 38.4 Å². The van der Waals surface area contributed by atoms with Gasteiger partial charge >= 0.3 is 6.01 Å². The van der Waals surface area contributed by atoms with Gasteiger partial charge < -0.3 is 4.74 Å². The van der Waals surface area contributed by atoms with Crippen LogP contribution < -0.4 is 10.1 Å². The topological polar surface area (TPSA) is 106 Å². The molecule has 0 saturated heterocycles. The summed E-state index contributed by atoms with van der Waals surface area (Å²) in [7, 11) is 1.44. The van der Waals surface area contributed by atoms with Gasteiger partial charge in [-0.25, -0.2) is 5.10 Å². The molecule has 2 heterocycles. The lowest BCUT2D eigenvalue weighted by atomic mass is 10.2. The highest BCUT2D eigenvalue weighted by Crippen LogP contribution is 2.09. The van der Waals surface area contributed by atoms with Crippen LogP contribution in [0.1, 0.15) is 21.7 Å². The molecule has 0 unspecified atom stereocenters. The molecule has 2 aromatic rings. The lowest BCUT2D eigenvalue weighted by Gasteiger charge is -2.04. The van der Waals surface area contributed by atoms with Gasteiger partial charge in [0, 0.05) is 0 Å². The molecule has 0 aliphatic heterocycles. The first-order chi connectivity index (χ1) is 8.60. The molecule has 0 radical (unpaired) electrons. The van der Waals surface area contributed by atoms with Crippen LogP contribution in [0.15, 0.2) is 6.07 Å². The molecule has 0 aliphatic rings. The molecule has 0 saturated carbocycles. The number of ether oxygens (including phenoxy) is 1. The number of aryl methyl sites for hydroxylation is 2. The van der Waals surface area contributed by atoms with Gasteiger partial charge in [0.05, 0.1) is 24.1 Å². The Morgan fingerprint density at radius 2 is 2.17 bits per heavy atom. The van der Waals surface area contributed by atoms with Crippen LogP contribution in [0.25, 0.3) is 0 Å². The predicted molar refractivity (Wildman–Crippen MR) is 62.4 cm³/mol. The van der Waals surface area contributed by atoms with E-state index in [1.807, 2.05) is 0 Å². The summed E-state index contributed by atoms with van der Waals surface area (Å²) in [5.41, 5.74) is 1.66. The average Bonchev–Trinajstić information content (AvgIpc) is 2.80. The minimum absolute atomic E-state index is 0.158. The summed E-state index contributed by atoms with van der Waals surface area (Å²) < 4.78 is 4.80. The maximum atomic E-state index is 12.0. The minimum Gasteiger partial charge on any atom is -0.466 e. The first-order valence-electron chi connectivity index (χ1n) is 5.19. The van der Waals surface area contributed by atoms with E-state index in [4.69, 9.17) is 4.74 Å². The van der Waals surface area contributed by atoms with Crippen molar-refractivity contribution in [1.82, 2.24) is 25.4 Å². The number of nitrogens with zero attached hydrogens (tertiary/aromatic N) is 4. The minimum atomic E-state index is -0.329. The molecule has 0 aromatic carbocycles. The van der Waals surface area contributed by atoms with Gasteiger partial charge in [-0.1, -0.05) is 0 Å². The molecular formula is C10H12N6O2. The standard InChI is InChI=1S/C10H12N6O2/c1-5-4-7(6(2)14-13-5)8(17)11-9-12-10(18-3)16-15-9/h4H,1-3H3,(H2,11,12,15,16,17). The van der Waals surface area contributed by atoms with E-state index in [0.717, 1.165) is 0 Å². The molecule has 0 bridgehead atoms. The highest BCUT2D eigenvalue weighted by atomic mass is 16.5. The first-order valence-corrected chi connectivity index (χ1v) is 5.19. The SMILES string of the molecule is COc1n[nH]c(NC(=O)c2cc(C)nnc2C)n1. The first kappa shape index (κ1) is 12.0. The molecule has 2 N–H and O–H groups in total. The monoisotopic (exact) mass is 248 g/mol. The van der Waals surface area contributed by atoms with Crippen molar-refractivity contribution in [2.24, 2.45) is 0 Å². The molecule has 0 aliphatic carbocycles. The number of carbonyl (C=O) groups excluding carboxylic acids is 1. The molecule has 8 nitrogen and oxygen atoms in total. The zero-order valence-electron chi connectivity index (χ0n) is 10.2. The van der Waals surface area contributed by atoms with E-state index >= 15 is 0 Å². The summed E-state index contributed by atoms with van der Waals surface area (Å²) in [6.07, 6.45) is 0. The summed E-state index contributed by atoms with van der Waals surface area (Å²) in [4.78, 5) is 15.9. The fourth-order valence-corrected chi connectivity index (χ4v) is 1.35. The molecule has 2 rings (SSSR count). The van der Waals surface area contributed by atoms with Gasteiger partial charge in [0.2, 0.25) is 5.95 Å². The second-order valence-electron chi connectivity index (χ2n) is 3.61. The van der Waals surface area contributed by atoms with Gasteiger partial charge in [-0.15, -0.1) is 5.10 Å². The van der Waals surface area contributed by atoms with Crippen molar-refractivity contribution < 1.29 is 9.53 Å². The quantitative estimate of drug-likeness (QED) is 0.818. The summed E-state index contributed by atoms with van der Waals surface area (Å²) in [5, 5.41) is 16.6. The average molecular weight is 248 g/mol. The maximum absolute atomic E-state index is 12.0. The molecule has 0 fully saturated rings. The van der Waals surface area contributed by atoms with Crippen molar-refractivity contribution in [3.63, 3.8) is 0 Å². The largest absolute Gasteiger partial charge is 0.466 e. The van der Waals surface area contributed by atoms with Crippen LogP contribution in [0.5, 0.6) is 6.01 Å². The number of methoxy groups -OCH3 is 1. The predicted octanol–water partition coefficient (Wildman–Crippen LogP) is 0.472. The number of hydrogen-bond acceptors (Lipinski definition) is 6. The zero-order valence-corrected chi connectivity index (χ0v) is 10.2. The van der Waals surface area contributed by atoms with E-state index in [0.29, 0.717) is 17.0 Å². The van der Waals surface area contributed by atoms with Crippen molar-refractivity contribution in [2.75, 3.05) is 12.4 Å². The van der Waals surface area contributed by atoms with Crippen molar-refractivity contribution in [3.05, 3.63) is 23.0 Å². The Balaban J connectivity index is 2.19. The number of hydrogen-bond donors (Lipinski definition) is 2. The Morgan fingerprint density at radius 3 is 2.83 bits per heavy atom. The Kier molecular flexibility index (Phi) is 3.18. The normalized spacial score (nSPS) is 10.2. The molecular weight excluding hydrogens is 236 g/mol. The Morgan fingerprint density at radius 1 is 1.39 bits per heavy atom. The van der Waals surface area contributed by atoms with Crippen LogP contribution in [0.3, 0.4) is 0 Å². The lowest BCUT2D eigenvalue weighted by molar-refractivity contribution is 0.102. The van der Waals surface area contributed by atoms with Crippen molar-refractivity contribution in [3.8, 4) is 6.01 Å². The molecule has 0 spiro atoms. The number of aromatic nitrogens is 5. The van der Waals surface area contributed by atoms with Gasteiger partial charge in [0.25, 0.3) is 5.91 Å². The van der Waals surface area contributed by atoms with Crippen LogP contribution in [-0.2, 0) is 0 Å². The Bertz CT molecular complexity index is 579. The van der Waals surface area contributed by atoms with E-state index in [1.165, 1.54) is 7.11 Å². The molecule has 8 heteroatoms. The van der Waals surface area contributed by atoms with E-state index < -0.39 is 0 Å². The third-order valence-electron chi connectivity index (χ3n) is 2.22. The van der Waals surface area contributed by atoms with Gasteiger partial charge in [-0.3, -0.25) is 10.1 Å². The van der Waals surface area contributed by atoms with Crippen molar-refractivity contribution >= 4 is 11.9 Å². The molecule has 2 aromatic heterocycles. The van der Waals surface area contributed by atoms with Gasteiger partial charge in [-0.05, 0) is 19.9 Å². The second-order valence-corrected chi connectivity index (χ2v) is 3.61. The van der Waals surface area contributed by atoms with E-state index in [2.05, 4.69) is 30.7 Å². The lowest BCUT2D eigenvalue weighted by Crippen LogP contribution is -2.16. The maximum Gasteiger partial charge on any atom is 0.336 e. The van der Waals surface area contributed by atoms with Crippen LogP contribution in [0.2, 0.25) is 0 Å². The fourth-order valence-electron chi connectivity index (χ4n) is 1.35. The highest BCUT2D eigenvalue weighted by molar-refractivity contribution is 6.04. The van der Waals surface area contributed by atoms with Gasteiger partial charge in [0.15, 0.2) is 0 Å². The fraction of sp³-hybridized carbons (Fsp3) is 0.300. The van der Waals surface area contributed by atoms with Gasteiger partial charge in [-0.2, -0.15) is 15.2 Å². The number of nitrogens with one attached hydrogen (secondary N) is 2. The number of rotatable bonds is 3. The number of amides is 1. The van der Waals surface area contributed by atoms with Gasteiger partial charge in [0.1, 0.15) is 0 Å². The van der Waals surface area contributed by atoms with Crippen LogP contribution in [0, 0.1) is 13.8 Å². The zero-order chi connectivity index (χ0) is 13.1. The van der Waals surface area contributed by atoms with Crippen molar-refractivity contribution in [2.45, 2.75) is 13.8 Å². The molecule has 1 amide bonds. The van der Waals surface area contributed by atoms with E-state index in [1.54, 1.807) is 19.9 Å². The summed E-state index contributed by atoms with van der Waals surface area (Å²) in [6.45, 7) is 3.48. The molecule has 18 heavy (non-hydrogen) atoms. The smallest absolute Gasteiger partial charge is 0.336 e. The number of H-pyrrole nitrogens is 1. The van der Waals surface area contributed by atoms with E-state index in [-0.39, 0.29) is 17.9 Å². The third-order valence-corrected chi connectivity index (χ3v) is 2.22. The number of aromatic amines is 1. The highest BCUT2D eigenvalue weighted by Gasteiger charge is 2.13. The number of carbonyl (C=O) groups is 1. The van der Waals surface area contributed by atoms with Crippen LogP contribution in [0.4, 0.5) is 5.95 Å². The third kappa shape index (κ3) is 2.42. The molecule has 94 valence electrons. The second kappa shape index (κ2) is 4.78. The summed E-state index contributed by atoms with van der Waals surface area (Å²) >= 11 is 0. The van der Waals surface area contributed by atoms with Crippen molar-refractivity contribution in [1.29, 1.82) is 0 Å². The Hall–Kier alpha value is -2.51. The van der Waals surface area contributed by atoms with Crippen LogP contribution >= 0.6 is 0 Å². The Labute approximate surface area is 103 Å². The number of anilines is 1. The summed E-state index contributed by atoms with van der Waals surface area (Å²) in [6, 6.07) is 1.82. The summed E-state index contributed by atoms with van der Waals surface area (Å²) in [5.74, 6) is -0.116. The molecule has 0 atom stereocenters.